The molecule has 1 aliphatic rings. The Balaban J connectivity index is 1.91. The second kappa shape index (κ2) is 6.48. The van der Waals surface area contributed by atoms with E-state index in [1.54, 1.807) is 11.9 Å². The van der Waals surface area contributed by atoms with Gasteiger partial charge in [0.1, 0.15) is 0 Å². The molecule has 0 spiro atoms. The highest BCUT2D eigenvalue weighted by atomic mass is 16.2. The summed E-state index contributed by atoms with van der Waals surface area (Å²) in [5.41, 5.74) is 3.63. The molecule has 2 amide bonds. The van der Waals surface area contributed by atoms with Crippen LogP contribution in [0.1, 0.15) is 43.2 Å². The maximum absolute atomic E-state index is 12.9. The molecular formula is C20H22N2O2. The molecule has 3 rings (SSSR count). The Kier molecular flexibility index (Phi) is 4.38. The van der Waals surface area contributed by atoms with Crippen molar-refractivity contribution in [3.05, 3.63) is 59.7 Å². The fourth-order valence-corrected chi connectivity index (χ4v) is 3.21. The van der Waals surface area contributed by atoms with E-state index in [-0.39, 0.29) is 18.2 Å². The van der Waals surface area contributed by atoms with Crippen LogP contribution in [0.15, 0.2) is 48.5 Å². The lowest BCUT2D eigenvalue weighted by Crippen LogP contribution is -2.37. The van der Waals surface area contributed by atoms with Gasteiger partial charge in [-0.25, -0.2) is 0 Å². The van der Waals surface area contributed by atoms with Gasteiger partial charge in [-0.1, -0.05) is 50.2 Å². The predicted octanol–water partition coefficient (Wildman–Crippen LogP) is 3.90. The van der Waals surface area contributed by atoms with Gasteiger partial charge >= 0.3 is 0 Å². The van der Waals surface area contributed by atoms with Crippen LogP contribution in [-0.4, -0.2) is 18.9 Å². The summed E-state index contributed by atoms with van der Waals surface area (Å²) < 4.78 is 0. The average Bonchev–Trinajstić information content (AvgIpc) is 2.58. The van der Waals surface area contributed by atoms with Crippen LogP contribution in [-0.2, 0) is 9.59 Å². The van der Waals surface area contributed by atoms with Crippen molar-refractivity contribution in [1.29, 1.82) is 0 Å². The van der Waals surface area contributed by atoms with Crippen LogP contribution in [0.2, 0.25) is 0 Å². The summed E-state index contributed by atoms with van der Waals surface area (Å²) >= 11 is 0. The van der Waals surface area contributed by atoms with Crippen molar-refractivity contribution in [2.45, 2.75) is 32.1 Å². The lowest BCUT2D eigenvalue weighted by atomic mass is 9.88. The highest BCUT2D eigenvalue weighted by Crippen LogP contribution is 2.36. The van der Waals surface area contributed by atoms with Crippen molar-refractivity contribution in [3.63, 3.8) is 0 Å². The van der Waals surface area contributed by atoms with E-state index in [0.717, 1.165) is 22.5 Å². The molecule has 2 aromatic rings. The zero-order valence-electron chi connectivity index (χ0n) is 14.2. The zero-order chi connectivity index (χ0) is 17.3. The summed E-state index contributed by atoms with van der Waals surface area (Å²) in [7, 11) is 1.75. The van der Waals surface area contributed by atoms with Crippen LogP contribution in [0.5, 0.6) is 0 Å². The second-order valence-electron chi connectivity index (χ2n) is 6.50. The summed E-state index contributed by atoms with van der Waals surface area (Å²) in [6.45, 7) is 4.19. The number of benzene rings is 2. The molecule has 0 aliphatic carbocycles. The monoisotopic (exact) mass is 322 g/mol. The lowest BCUT2D eigenvalue weighted by Gasteiger charge is -2.31. The Bertz CT molecular complexity index is 783. The van der Waals surface area contributed by atoms with Gasteiger partial charge in [0.2, 0.25) is 11.8 Å². The molecule has 4 nitrogen and oxygen atoms in total. The van der Waals surface area contributed by atoms with Gasteiger partial charge in [0.15, 0.2) is 0 Å². The molecule has 2 aromatic carbocycles. The minimum atomic E-state index is -0.454. The number of anilines is 2. The molecule has 24 heavy (non-hydrogen) atoms. The molecule has 1 atom stereocenters. The fraction of sp³-hybridized carbons (Fsp3) is 0.300. The van der Waals surface area contributed by atoms with E-state index in [1.807, 2.05) is 48.5 Å². The van der Waals surface area contributed by atoms with Crippen molar-refractivity contribution in [1.82, 2.24) is 0 Å². The minimum absolute atomic E-state index is 0.0361. The third-order valence-corrected chi connectivity index (χ3v) is 4.58. The topological polar surface area (TPSA) is 49.4 Å². The summed E-state index contributed by atoms with van der Waals surface area (Å²) in [6, 6.07) is 15.4. The number of carbonyl (C=O) groups excluding carboxylic acids is 2. The largest absolute Gasteiger partial charge is 0.325 e. The molecule has 1 N–H and O–H groups in total. The average molecular weight is 322 g/mol. The van der Waals surface area contributed by atoms with Crippen LogP contribution in [0.25, 0.3) is 0 Å². The molecule has 0 saturated heterocycles. The third-order valence-electron chi connectivity index (χ3n) is 4.58. The van der Waals surface area contributed by atoms with Gasteiger partial charge in [-0.2, -0.15) is 0 Å². The maximum atomic E-state index is 12.9. The summed E-state index contributed by atoms with van der Waals surface area (Å²) in [6.07, 6.45) is 0.198. The van der Waals surface area contributed by atoms with Gasteiger partial charge in [-0.15, -0.1) is 0 Å². The fourth-order valence-electron chi connectivity index (χ4n) is 3.21. The van der Waals surface area contributed by atoms with Gasteiger partial charge in [0, 0.05) is 24.8 Å². The number of rotatable bonds is 3. The first kappa shape index (κ1) is 16.2. The molecule has 1 unspecified atom stereocenters. The number of nitrogens with zero attached hydrogens (tertiary/aromatic N) is 1. The quantitative estimate of drug-likeness (QED) is 0.932. The SMILES string of the molecule is CC(C)c1ccccc1NC(=O)C1CC(=O)N(C)c2ccccc21. The van der Waals surface area contributed by atoms with Gasteiger partial charge < -0.3 is 10.2 Å². The van der Waals surface area contributed by atoms with E-state index < -0.39 is 5.92 Å². The van der Waals surface area contributed by atoms with Crippen LogP contribution >= 0.6 is 0 Å². The molecule has 0 bridgehead atoms. The van der Waals surface area contributed by atoms with Crippen LogP contribution < -0.4 is 10.2 Å². The van der Waals surface area contributed by atoms with E-state index in [2.05, 4.69) is 19.2 Å². The highest BCUT2D eigenvalue weighted by Gasteiger charge is 2.33. The van der Waals surface area contributed by atoms with Crippen LogP contribution in [0.3, 0.4) is 0 Å². The first-order valence-corrected chi connectivity index (χ1v) is 8.24. The second-order valence-corrected chi connectivity index (χ2v) is 6.50. The predicted molar refractivity (Wildman–Crippen MR) is 96.4 cm³/mol. The van der Waals surface area contributed by atoms with Gasteiger partial charge in [-0.05, 0) is 29.2 Å². The van der Waals surface area contributed by atoms with Crippen LogP contribution in [0.4, 0.5) is 11.4 Å². The first-order valence-electron chi connectivity index (χ1n) is 8.24. The van der Waals surface area contributed by atoms with Crippen molar-refractivity contribution < 1.29 is 9.59 Å². The number of amides is 2. The smallest absolute Gasteiger partial charge is 0.232 e. The van der Waals surface area contributed by atoms with E-state index in [9.17, 15) is 9.59 Å². The van der Waals surface area contributed by atoms with E-state index in [0.29, 0.717) is 5.92 Å². The van der Waals surface area contributed by atoms with Crippen LogP contribution in [0, 0.1) is 0 Å². The number of hydrogen-bond donors (Lipinski definition) is 1. The summed E-state index contributed by atoms with van der Waals surface area (Å²) in [5.74, 6) is -0.305. The highest BCUT2D eigenvalue weighted by molar-refractivity contribution is 6.06. The molecular weight excluding hydrogens is 300 g/mol. The number of para-hydroxylation sites is 2. The Labute approximate surface area is 142 Å². The van der Waals surface area contributed by atoms with E-state index in [4.69, 9.17) is 0 Å². The Morgan fingerprint density at radius 2 is 1.79 bits per heavy atom. The van der Waals surface area contributed by atoms with E-state index in [1.165, 1.54) is 0 Å². The van der Waals surface area contributed by atoms with Crippen molar-refractivity contribution in [2.75, 3.05) is 17.3 Å². The molecule has 4 heteroatoms. The summed E-state index contributed by atoms with van der Waals surface area (Å²) in [4.78, 5) is 26.7. The third kappa shape index (κ3) is 2.92. The first-order chi connectivity index (χ1) is 11.5. The Morgan fingerprint density at radius 3 is 2.54 bits per heavy atom. The molecule has 0 fully saturated rings. The lowest BCUT2D eigenvalue weighted by molar-refractivity contribution is -0.124. The number of fused-ring (bicyclic) bond motifs is 1. The van der Waals surface area contributed by atoms with E-state index >= 15 is 0 Å². The number of nitrogens with one attached hydrogen (secondary N) is 1. The minimum Gasteiger partial charge on any atom is -0.325 e. The van der Waals surface area contributed by atoms with Crippen molar-refractivity contribution in [2.24, 2.45) is 0 Å². The Morgan fingerprint density at radius 1 is 1.12 bits per heavy atom. The molecule has 0 saturated carbocycles. The Hall–Kier alpha value is -2.62. The van der Waals surface area contributed by atoms with Gasteiger partial charge in [-0.3, -0.25) is 9.59 Å². The number of carbonyl (C=O) groups is 2. The molecule has 0 aromatic heterocycles. The molecule has 124 valence electrons. The molecule has 1 aliphatic heterocycles. The molecule has 0 radical (unpaired) electrons. The zero-order valence-corrected chi connectivity index (χ0v) is 14.2. The van der Waals surface area contributed by atoms with Gasteiger partial charge in [0.05, 0.1) is 5.92 Å². The normalized spacial score (nSPS) is 16.9. The number of hydrogen-bond acceptors (Lipinski definition) is 2. The standard InChI is InChI=1S/C20H22N2O2/c1-13(2)14-8-4-6-10-17(14)21-20(24)16-12-19(23)22(3)18-11-7-5-9-15(16)18/h4-11,13,16H,12H2,1-3H3,(H,21,24). The van der Waals surface area contributed by atoms with Crippen molar-refractivity contribution in [3.8, 4) is 0 Å². The maximum Gasteiger partial charge on any atom is 0.232 e. The van der Waals surface area contributed by atoms with Crippen molar-refractivity contribution >= 4 is 23.2 Å². The van der Waals surface area contributed by atoms with Gasteiger partial charge in [0.25, 0.3) is 0 Å². The molecule has 1 heterocycles. The summed E-state index contributed by atoms with van der Waals surface area (Å²) in [5, 5.41) is 3.03.